The van der Waals surface area contributed by atoms with Crippen LogP contribution in [0.4, 0.5) is 23.2 Å². The van der Waals surface area contributed by atoms with E-state index in [1.807, 2.05) is 0 Å². The van der Waals surface area contributed by atoms with E-state index in [2.05, 4.69) is 15.0 Å². The smallest absolute Gasteiger partial charge is 0.406 e. The van der Waals surface area contributed by atoms with Crippen molar-refractivity contribution in [3.8, 4) is 11.4 Å². The summed E-state index contributed by atoms with van der Waals surface area (Å²) in [6.45, 7) is 0. The van der Waals surface area contributed by atoms with Crippen molar-refractivity contribution >= 4 is 35.1 Å². The van der Waals surface area contributed by atoms with Gasteiger partial charge in [0.25, 0.3) is 5.56 Å². The lowest BCUT2D eigenvalue weighted by Crippen LogP contribution is -2.25. The first kappa shape index (κ1) is 23.2. The van der Waals surface area contributed by atoms with Crippen LogP contribution in [0.15, 0.2) is 63.4 Å². The van der Waals surface area contributed by atoms with Gasteiger partial charge in [-0.05, 0) is 36.4 Å². The van der Waals surface area contributed by atoms with Crippen LogP contribution in [0.2, 0.25) is 0 Å². The van der Waals surface area contributed by atoms with Gasteiger partial charge in [-0.1, -0.05) is 23.9 Å². The number of halogens is 4. The Morgan fingerprint density at radius 2 is 1.91 bits per heavy atom. The van der Waals surface area contributed by atoms with E-state index in [9.17, 15) is 27.2 Å². The molecular weight excluding hydrogens is 482 g/mol. The number of amides is 1. The lowest BCUT2D eigenvalue weighted by molar-refractivity contribution is -0.274. The third-order valence-electron chi connectivity index (χ3n) is 4.48. The molecule has 4 rings (SSSR count). The Bertz CT molecular complexity index is 1250. The minimum absolute atomic E-state index is 0.0269. The summed E-state index contributed by atoms with van der Waals surface area (Å²) in [5.41, 5.74) is 0.535. The highest BCUT2D eigenvalue weighted by atomic mass is 32.2. The zero-order chi connectivity index (χ0) is 23.6. The molecule has 6 nitrogen and oxygen atoms in total. The maximum atomic E-state index is 13.8. The Morgan fingerprint density at radius 3 is 2.61 bits per heavy atom. The maximum Gasteiger partial charge on any atom is 0.573 e. The SMILES string of the molecule is O=C(CSc1nc2c(c(=O)n1-c1ccc(OC(F)(F)F)cc1)SCC2)Nc1ccccc1F. The van der Waals surface area contributed by atoms with E-state index in [4.69, 9.17) is 0 Å². The molecule has 1 amide bonds. The number of hydrogen-bond acceptors (Lipinski definition) is 6. The number of aryl methyl sites for hydroxylation is 1. The summed E-state index contributed by atoms with van der Waals surface area (Å²) in [6, 6.07) is 10.5. The molecule has 0 atom stereocenters. The number of ether oxygens (including phenoxy) is 1. The molecule has 1 aliphatic rings. The number of thioether (sulfide) groups is 2. The van der Waals surface area contributed by atoms with Crippen LogP contribution in [-0.2, 0) is 11.2 Å². The van der Waals surface area contributed by atoms with Gasteiger partial charge in [0.2, 0.25) is 5.91 Å². The number of anilines is 1. The molecule has 172 valence electrons. The van der Waals surface area contributed by atoms with E-state index >= 15 is 0 Å². The van der Waals surface area contributed by atoms with Crippen LogP contribution in [0, 0.1) is 5.82 Å². The average molecular weight is 497 g/mol. The van der Waals surface area contributed by atoms with E-state index < -0.39 is 23.8 Å². The molecule has 1 N–H and O–H groups in total. The number of nitrogens with zero attached hydrogens (tertiary/aromatic N) is 2. The molecule has 0 unspecified atom stereocenters. The molecule has 0 radical (unpaired) electrons. The Hall–Kier alpha value is -2.99. The van der Waals surface area contributed by atoms with Gasteiger partial charge in [0, 0.05) is 12.2 Å². The maximum absolute atomic E-state index is 13.8. The molecule has 0 aliphatic carbocycles. The van der Waals surface area contributed by atoms with Gasteiger partial charge in [-0.15, -0.1) is 24.9 Å². The minimum atomic E-state index is -4.84. The van der Waals surface area contributed by atoms with E-state index in [1.165, 1.54) is 46.7 Å². The Morgan fingerprint density at radius 1 is 1.18 bits per heavy atom. The van der Waals surface area contributed by atoms with Crippen LogP contribution in [0.3, 0.4) is 0 Å². The van der Waals surface area contributed by atoms with E-state index in [0.29, 0.717) is 22.8 Å². The quantitative estimate of drug-likeness (QED) is 0.304. The van der Waals surface area contributed by atoms with Crippen molar-refractivity contribution in [3.05, 3.63) is 70.4 Å². The predicted octanol–water partition coefficient (Wildman–Crippen LogP) is 4.65. The van der Waals surface area contributed by atoms with Crippen LogP contribution in [0.5, 0.6) is 5.75 Å². The first-order valence-corrected chi connectivity index (χ1v) is 11.5. The topological polar surface area (TPSA) is 73.2 Å². The summed E-state index contributed by atoms with van der Waals surface area (Å²) in [5, 5.41) is 2.66. The van der Waals surface area contributed by atoms with Crippen molar-refractivity contribution in [2.75, 3.05) is 16.8 Å². The normalized spacial score (nSPS) is 13.0. The summed E-state index contributed by atoms with van der Waals surface area (Å²) in [5.74, 6) is -1.00. The number of nitrogens with one attached hydrogen (secondary N) is 1. The molecule has 3 aromatic rings. The van der Waals surface area contributed by atoms with Crippen molar-refractivity contribution in [1.29, 1.82) is 0 Å². The third kappa shape index (κ3) is 5.50. The third-order valence-corrected chi connectivity index (χ3v) is 6.52. The van der Waals surface area contributed by atoms with Crippen molar-refractivity contribution in [1.82, 2.24) is 9.55 Å². The first-order chi connectivity index (χ1) is 15.7. The fourth-order valence-corrected chi connectivity index (χ4v) is 4.95. The summed E-state index contributed by atoms with van der Waals surface area (Å²) >= 11 is 2.32. The molecule has 0 spiro atoms. The van der Waals surface area contributed by atoms with Gasteiger partial charge in [-0.25, -0.2) is 9.37 Å². The zero-order valence-corrected chi connectivity index (χ0v) is 18.3. The van der Waals surface area contributed by atoms with Crippen molar-refractivity contribution < 1.29 is 27.1 Å². The molecular formula is C21H15F4N3O3S2. The zero-order valence-electron chi connectivity index (χ0n) is 16.7. The molecule has 0 saturated heterocycles. The molecule has 33 heavy (non-hydrogen) atoms. The average Bonchev–Trinajstić information content (AvgIpc) is 3.23. The van der Waals surface area contributed by atoms with Gasteiger partial charge in [-0.3, -0.25) is 14.2 Å². The van der Waals surface area contributed by atoms with Crippen LogP contribution < -0.4 is 15.6 Å². The van der Waals surface area contributed by atoms with E-state index in [1.54, 1.807) is 6.07 Å². The summed E-state index contributed by atoms with van der Waals surface area (Å²) in [7, 11) is 0. The molecule has 0 saturated carbocycles. The largest absolute Gasteiger partial charge is 0.573 e. The highest BCUT2D eigenvalue weighted by molar-refractivity contribution is 8.00. The molecule has 0 fully saturated rings. The molecule has 12 heteroatoms. The summed E-state index contributed by atoms with van der Waals surface area (Å²) in [4.78, 5) is 30.4. The number of para-hydroxylation sites is 1. The van der Waals surface area contributed by atoms with E-state index in [-0.39, 0.29) is 27.8 Å². The van der Waals surface area contributed by atoms with Gasteiger partial charge in [-0.2, -0.15) is 0 Å². The highest BCUT2D eigenvalue weighted by Crippen LogP contribution is 2.31. The summed E-state index contributed by atoms with van der Waals surface area (Å²) in [6.07, 6.45) is -4.25. The van der Waals surface area contributed by atoms with Crippen LogP contribution in [-0.4, -0.2) is 33.3 Å². The number of alkyl halides is 3. The Labute approximate surface area is 193 Å². The predicted molar refractivity (Wildman–Crippen MR) is 117 cm³/mol. The van der Waals surface area contributed by atoms with Crippen molar-refractivity contribution in [2.45, 2.75) is 22.8 Å². The monoisotopic (exact) mass is 497 g/mol. The van der Waals surface area contributed by atoms with Gasteiger partial charge < -0.3 is 10.1 Å². The molecule has 2 heterocycles. The highest BCUT2D eigenvalue weighted by Gasteiger charge is 2.31. The number of aromatic nitrogens is 2. The number of rotatable bonds is 6. The lowest BCUT2D eigenvalue weighted by atomic mass is 10.3. The second kappa shape index (κ2) is 9.48. The number of fused-ring (bicyclic) bond motifs is 1. The van der Waals surface area contributed by atoms with Gasteiger partial charge in [0.15, 0.2) is 5.16 Å². The molecule has 0 bridgehead atoms. The van der Waals surface area contributed by atoms with Gasteiger partial charge in [0.1, 0.15) is 11.6 Å². The van der Waals surface area contributed by atoms with Gasteiger partial charge >= 0.3 is 6.36 Å². The molecule has 1 aliphatic heterocycles. The van der Waals surface area contributed by atoms with Crippen LogP contribution in [0.1, 0.15) is 5.69 Å². The van der Waals surface area contributed by atoms with Crippen molar-refractivity contribution in [3.63, 3.8) is 0 Å². The standard InChI is InChI=1S/C21H15F4N3O3S2/c22-14-3-1-2-4-15(14)26-17(29)11-33-20-27-16-9-10-32-18(16)19(30)28(20)12-5-7-13(8-6-12)31-21(23,24)25/h1-8H,9-11H2,(H,26,29). The number of carbonyl (C=O) groups excluding carboxylic acids is 1. The minimum Gasteiger partial charge on any atom is -0.406 e. The molecule has 2 aromatic carbocycles. The van der Waals surface area contributed by atoms with Crippen molar-refractivity contribution in [2.24, 2.45) is 0 Å². The lowest BCUT2D eigenvalue weighted by Gasteiger charge is -2.15. The Balaban J connectivity index is 1.60. The first-order valence-electron chi connectivity index (χ1n) is 9.53. The number of hydrogen-bond donors (Lipinski definition) is 1. The second-order valence-corrected chi connectivity index (χ2v) is 8.82. The number of benzene rings is 2. The fraction of sp³-hybridized carbons (Fsp3) is 0.190. The summed E-state index contributed by atoms with van der Waals surface area (Å²) < 4.78 is 56.2. The Kier molecular flexibility index (Phi) is 6.66. The van der Waals surface area contributed by atoms with Gasteiger partial charge in [0.05, 0.1) is 27.7 Å². The fourth-order valence-electron chi connectivity index (χ4n) is 3.09. The second-order valence-electron chi connectivity index (χ2n) is 6.77. The van der Waals surface area contributed by atoms with Crippen LogP contribution in [0.25, 0.3) is 5.69 Å². The van der Waals surface area contributed by atoms with E-state index in [0.717, 1.165) is 23.9 Å². The van der Waals surface area contributed by atoms with Crippen LogP contribution >= 0.6 is 23.5 Å². The number of carbonyl (C=O) groups is 1. The molecule has 1 aromatic heterocycles.